The molecule has 2 N–H and O–H groups in total. The minimum Gasteiger partial charge on any atom is -0.465 e. The van der Waals surface area contributed by atoms with E-state index in [1.165, 1.54) is 6.20 Å². The van der Waals surface area contributed by atoms with Crippen molar-refractivity contribution in [2.45, 2.75) is 20.3 Å². The summed E-state index contributed by atoms with van der Waals surface area (Å²) in [5, 5.41) is 10.3. The van der Waals surface area contributed by atoms with Gasteiger partial charge < -0.3 is 5.11 Å². The number of nitrogens with one attached hydrogen (secondary N) is 1. The lowest BCUT2D eigenvalue weighted by atomic mass is 10.3. The summed E-state index contributed by atoms with van der Waals surface area (Å²) in [5.74, 6) is 0. The molecule has 0 aliphatic rings. The predicted molar refractivity (Wildman–Crippen MR) is 35.2 cm³/mol. The largest absolute Gasteiger partial charge is 0.465 e. The average molecular weight is 129 g/mol. The van der Waals surface area contributed by atoms with Crippen molar-refractivity contribution in [3.05, 3.63) is 11.8 Å². The zero-order valence-corrected chi connectivity index (χ0v) is 5.64. The molecule has 0 unspecified atom stereocenters. The van der Waals surface area contributed by atoms with Gasteiger partial charge >= 0.3 is 6.09 Å². The molecule has 0 radical (unpaired) electrons. The molecule has 1 amide bonds. The van der Waals surface area contributed by atoms with E-state index < -0.39 is 6.09 Å². The molecule has 0 fully saturated rings. The SMILES string of the molecule is CCC(C)=CNC(=O)O. The standard InChI is InChI=1S/C6H11NO2/c1-3-5(2)4-7-6(8)9/h4,7H,3H2,1-2H3,(H,8,9). The highest BCUT2D eigenvalue weighted by Gasteiger charge is 1.87. The van der Waals surface area contributed by atoms with E-state index in [0.29, 0.717) is 0 Å². The molecule has 9 heavy (non-hydrogen) atoms. The van der Waals surface area contributed by atoms with E-state index in [1.54, 1.807) is 0 Å². The van der Waals surface area contributed by atoms with Gasteiger partial charge in [-0.25, -0.2) is 4.79 Å². The highest BCUT2D eigenvalue weighted by atomic mass is 16.4. The van der Waals surface area contributed by atoms with Crippen LogP contribution in [-0.2, 0) is 0 Å². The van der Waals surface area contributed by atoms with Crippen molar-refractivity contribution in [3.8, 4) is 0 Å². The van der Waals surface area contributed by atoms with Crippen molar-refractivity contribution in [1.82, 2.24) is 5.32 Å². The first-order chi connectivity index (χ1) is 4.16. The summed E-state index contributed by atoms with van der Waals surface area (Å²) in [5.41, 5.74) is 1.03. The van der Waals surface area contributed by atoms with E-state index in [4.69, 9.17) is 5.11 Å². The molecule has 0 aromatic heterocycles. The van der Waals surface area contributed by atoms with Gasteiger partial charge in [-0.1, -0.05) is 12.5 Å². The van der Waals surface area contributed by atoms with Gasteiger partial charge in [-0.05, 0) is 13.3 Å². The van der Waals surface area contributed by atoms with Crippen LogP contribution in [0.25, 0.3) is 0 Å². The van der Waals surface area contributed by atoms with E-state index >= 15 is 0 Å². The Balaban J connectivity index is 3.56. The van der Waals surface area contributed by atoms with E-state index in [9.17, 15) is 4.79 Å². The van der Waals surface area contributed by atoms with E-state index in [1.807, 2.05) is 13.8 Å². The Morgan fingerprint density at radius 3 is 2.67 bits per heavy atom. The fraction of sp³-hybridized carbons (Fsp3) is 0.500. The van der Waals surface area contributed by atoms with Crippen LogP contribution in [0.3, 0.4) is 0 Å². The van der Waals surface area contributed by atoms with Crippen LogP contribution in [0.4, 0.5) is 4.79 Å². The molecule has 0 spiro atoms. The average Bonchev–Trinajstić information content (AvgIpc) is 1.83. The van der Waals surface area contributed by atoms with Gasteiger partial charge in [-0.2, -0.15) is 0 Å². The maximum absolute atomic E-state index is 9.86. The number of amides is 1. The summed E-state index contributed by atoms with van der Waals surface area (Å²) in [7, 11) is 0. The summed E-state index contributed by atoms with van der Waals surface area (Å²) < 4.78 is 0. The van der Waals surface area contributed by atoms with Crippen LogP contribution in [0.1, 0.15) is 20.3 Å². The minimum absolute atomic E-state index is 0.875. The maximum atomic E-state index is 9.86. The topological polar surface area (TPSA) is 49.3 Å². The first-order valence-electron chi connectivity index (χ1n) is 2.82. The second-order valence-corrected chi connectivity index (χ2v) is 1.79. The third-order valence-corrected chi connectivity index (χ3v) is 1.000. The van der Waals surface area contributed by atoms with Gasteiger partial charge in [0.1, 0.15) is 0 Å². The molecule has 0 bridgehead atoms. The van der Waals surface area contributed by atoms with Gasteiger partial charge in [-0.15, -0.1) is 0 Å². The lowest BCUT2D eigenvalue weighted by molar-refractivity contribution is 0.198. The Labute approximate surface area is 54.4 Å². The van der Waals surface area contributed by atoms with Gasteiger partial charge in [0.05, 0.1) is 0 Å². The Morgan fingerprint density at radius 2 is 2.33 bits per heavy atom. The molecular formula is C6H11NO2. The highest BCUT2D eigenvalue weighted by Crippen LogP contribution is 1.93. The van der Waals surface area contributed by atoms with Gasteiger partial charge in [0.15, 0.2) is 0 Å². The zero-order chi connectivity index (χ0) is 7.28. The molecule has 0 atom stereocenters. The molecule has 3 nitrogen and oxygen atoms in total. The van der Waals surface area contributed by atoms with Crippen LogP contribution in [0.15, 0.2) is 11.8 Å². The predicted octanol–water partition coefficient (Wildman–Crippen LogP) is 1.57. The summed E-state index contributed by atoms with van der Waals surface area (Å²) >= 11 is 0. The molecule has 0 saturated heterocycles. The maximum Gasteiger partial charge on any atom is 0.408 e. The van der Waals surface area contributed by atoms with Gasteiger partial charge in [-0.3, -0.25) is 5.32 Å². The van der Waals surface area contributed by atoms with Crippen molar-refractivity contribution >= 4 is 6.09 Å². The second-order valence-electron chi connectivity index (χ2n) is 1.79. The van der Waals surface area contributed by atoms with E-state index in [-0.39, 0.29) is 0 Å². The molecular weight excluding hydrogens is 118 g/mol. The van der Waals surface area contributed by atoms with Crippen LogP contribution in [0, 0.1) is 0 Å². The van der Waals surface area contributed by atoms with Crippen molar-refractivity contribution in [1.29, 1.82) is 0 Å². The number of carbonyl (C=O) groups is 1. The molecule has 0 aliphatic heterocycles. The fourth-order valence-electron chi connectivity index (χ4n) is 0.287. The van der Waals surface area contributed by atoms with Crippen molar-refractivity contribution in [2.24, 2.45) is 0 Å². The molecule has 0 heterocycles. The Bertz CT molecular complexity index is 129. The van der Waals surface area contributed by atoms with Crippen LogP contribution < -0.4 is 5.32 Å². The summed E-state index contributed by atoms with van der Waals surface area (Å²) in [4.78, 5) is 9.86. The molecule has 0 saturated carbocycles. The van der Waals surface area contributed by atoms with Crippen LogP contribution in [-0.4, -0.2) is 11.2 Å². The van der Waals surface area contributed by atoms with Gasteiger partial charge in [0, 0.05) is 6.20 Å². The summed E-state index contributed by atoms with van der Waals surface area (Å²) in [6, 6.07) is 0. The van der Waals surface area contributed by atoms with Gasteiger partial charge in [0.25, 0.3) is 0 Å². The van der Waals surface area contributed by atoms with Crippen molar-refractivity contribution in [3.63, 3.8) is 0 Å². The Kier molecular flexibility index (Phi) is 3.51. The first-order valence-corrected chi connectivity index (χ1v) is 2.82. The second kappa shape index (κ2) is 3.95. The van der Waals surface area contributed by atoms with Crippen molar-refractivity contribution < 1.29 is 9.90 Å². The molecule has 0 aliphatic carbocycles. The Morgan fingerprint density at radius 1 is 1.78 bits per heavy atom. The summed E-state index contributed by atoms with van der Waals surface area (Å²) in [6.45, 7) is 3.84. The molecule has 3 heteroatoms. The Hall–Kier alpha value is -0.990. The van der Waals surface area contributed by atoms with E-state index in [0.717, 1.165) is 12.0 Å². The number of hydrogen-bond donors (Lipinski definition) is 2. The summed E-state index contributed by atoms with van der Waals surface area (Å²) in [6.07, 6.45) is 1.35. The smallest absolute Gasteiger partial charge is 0.408 e. The highest BCUT2D eigenvalue weighted by molar-refractivity contribution is 5.65. The normalized spacial score (nSPS) is 11.1. The lowest BCUT2D eigenvalue weighted by Crippen LogP contribution is -2.13. The van der Waals surface area contributed by atoms with Crippen LogP contribution in [0.2, 0.25) is 0 Å². The van der Waals surface area contributed by atoms with Crippen molar-refractivity contribution in [2.75, 3.05) is 0 Å². The number of carboxylic acid groups (broad SMARTS) is 1. The fourth-order valence-corrected chi connectivity index (χ4v) is 0.287. The lowest BCUT2D eigenvalue weighted by Gasteiger charge is -1.93. The molecule has 0 rings (SSSR count). The third-order valence-electron chi connectivity index (χ3n) is 1.000. The number of hydrogen-bond acceptors (Lipinski definition) is 1. The van der Waals surface area contributed by atoms with Crippen LogP contribution in [0.5, 0.6) is 0 Å². The number of rotatable bonds is 2. The minimum atomic E-state index is -1.01. The zero-order valence-electron chi connectivity index (χ0n) is 5.64. The third kappa shape index (κ3) is 4.87. The molecule has 0 aromatic rings. The monoisotopic (exact) mass is 129 g/mol. The van der Waals surface area contributed by atoms with Crippen LogP contribution >= 0.6 is 0 Å². The van der Waals surface area contributed by atoms with Gasteiger partial charge in [0.2, 0.25) is 0 Å². The van der Waals surface area contributed by atoms with E-state index in [2.05, 4.69) is 5.32 Å². The first kappa shape index (κ1) is 8.01. The molecule has 52 valence electrons. The number of allylic oxidation sites excluding steroid dienone is 1. The quantitative estimate of drug-likeness (QED) is 0.594. The molecule has 0 aromatic carbocycles.